The molecule has 0 saturated carbocycles. The lowest BCUT2D eigenvalue weighted by atomic mass is 10.2. The van der Waals surface area contributed by atoms with E-state index in [1.807, 2.05) is 60.7 Å². The predicted octanol–water partition coefficient (Wildman–Crippen LogP) is 3.98. The number of nitrogens with zero attached hydrogens (tertiary/aromatic N) is 2. The summed E-state index contributed by atoms with van der Waals surface area (Å²) < 4.78 is 2.18. The van der Waals surface area contributed by atoms with Crippen LogP contribution in [0.3, 0.4) is 0 Å². The van der Waals surface area contributed by atoms with Crippen molar-refractivity contribution < 1.29 is 4.79 Å². The molecule has 1 heterocycles. The molecule has 0 bridgehead atoms. The van der Waals surface area contributed by atoms with Gasteiger partial charge < -0.3 is 9.88 Å². The van der Waals surface area contributed by atoms with Gasteiger partial charge >= 0.3 is 0 Å². The second-order valence-electron chi connectivity index (χ2n) is 6.05. The number of carbonyl (C=O) groups excluding carboxylic acids is 1. The summed E-state index contributed by atoms with van der Waals surface area (Å²) in [5, 5.41) is 2.93. The van der Waals surface area contributed by atoms with Crippen LogP contribution in [0.15, 0.2) is 73.3 Å². The van der Waals surface area contributed by atoms with Gasteiger partial charge in [-0.15, -0.1) is 6.58 Å². The average Bonchev–Trinajstić information content (AvgIpc) is 3.02. The maximum atomic E-state index is 11.9. The first-order valence-corrected chi connectivity index (χ1v) is 8.84. The number of benzene rings is 2. The molecule has 2 aromatic carbocycles. The van der Waals surface area contributed by atoms with Crippen LogP contribution in [0.2, 0.25) is 0 Å². The van der Waals surface area contributed by atoms with Gasteiger partial charge in [0.15, 0.2) is 0 Å². The van der Waals surface area contributed by atoms with E-state index < -0.39 is 0 Å². The smallest absolute Gasteiger partial charge is 0.243 e. The molecule has 1 amide bonds. The number of fused-ring (bicyclic) bond motifs is 1. The fourth-order valence-electron chi connectivity index (χ4n) is 2.90. The van der Waals surface area contributed by atoms with Crippen LogP contribution >= 0.6 is 0 Å². The molecule has 0 spiro atoms. The summed E-state index contributed by atoms with van der Waals surface area (Å²) in [6.45, 7) is 5.19. The van der Waals surface area contributed by atoms with E-state index in [1.54, 1.807) is 6.08 Å². The number of rotatable bonds is 8. The van der Waals surface area contributed by atoms with Crippen LogP contribution in [0.4, 0.5) is 0 Å². The van der Waals surface area contributed by atoms with Crippen molar-refractivity contribution in [3.63, 3.8) is 0 Å². The molecule has 4 heteroatoms. The molecule has 0 fully saturated rings. The Morgan fingerprint density at radius 1 is 1.12 bits per heavy atom. The zero-order chi connectivity index (χ0) is 18.2. The van der Waals surface area contributed by atoms with Gasteiger partial charge in [0.1, 0.15) is 5.82 Å². The Morgan fingerprint density at radius 2 is 1.88 bits per heavy atom. The maximum Gasteiger partial charge on any atom is 0.243 e. The molecular weight excluding hydrogens is 322 g/mol. The monoisotopic (exact) mass is 345 g/mol. The standard InChI is InChI=1S/C22H23N3O/c1-2-17-25-20-12-7-6-11-19(20)24-21(25)13-8-16-23-22(26)15-14-18-9-4-3-5-10-18/h2-7,9-12,14-15H,1,8,13,16-17H2,(H,23,26)/b15-14+. The molecule has 0 aliphatic rings. The number of carbonyl (C=O) groups is 1. The van der Waals surface area contributed by atoms with Crippen molar-refractivity contribution in [1.82, 2.24) is 14.9 Å². The second kappa shape index (κ2) is 8.81. The Kier molecular flexibility index (Phi) is 5.99. The molecule has 3 rings (SSSR count). The quantitative estimate of drug-likeness (QED) is 0.381. The Bertz CT molecular complexity index is 910. The van der Waals surface area contributed by atoms with Crippen LogP contribution < -0.4 is 5.32 Å². The Hall–Kier alpha value is -3.14. The minimum Gasteiger partial charge on any atom is -0.353 e. The van der Waals surface area contributed by atoms with E-state index in [2.05, 4.69) is 22.5 Å². The number of allylic oxidation sites excluding steroid dienone is 1. The average molecular weight is 345 g/mol. The Labute approximate surface area is 153 Å². The van der Waals surface area contributed by atoms with Crippen LogP contribution in [0.25, 0.3) is 17.1 Å². The van der Waals surface area contributed by atoms with Crippen LogP contribution in [-0.4, -0.2) is 22.0 Å². The van der Waals surface area contributed by atoms with Crippen LogP contribution in [0, 0.1) is 0 Å². The normalized spacial score (nSPS) is 11.1. The molecule has 1 aromatic heterocycles. The molecule has 3 aromatic rings. The Morgan fingerprint density at radius 3 is 2.69 bits per heavy atom. The lowest BCUT2D eigenvalue weighted by molar-refractivity contribution is -0.116. The number of aromatic nitrogens is 2. The third kappa shape index (κ3) is 4.48. The van der Waals surface area contributed by atoms with Gasteiger partial charge in [0.05, 0.1) is 11.0 Å². The number of hydrogen-bond donors (Lipinski definition) is 1. The van der Waals surface area contributed by atoms with Crippen LogP contribution in [0.1, 0.15) is 17.8 Å². The zero-order valence-corrected chi connectivity index (χ0v) is 14.8. The van der Waals surface area contributed by atoms with Gasteiger partial charge in [-0.1, -0.05) is 48.5 Å². The molecule has 0 saturated heterocycles. The van der Waals surface area contributed by atoms with Crippen molar-refractivity contribution in [3.05, 3.63) is 84.7 Å². The first-order valence-electron chi connectivity index (χ1n) is 8.84. The van der Waals surface area contributed by atoms with E-state index in [9.17, 15) is 4.79 Å². The largest absolute Gasteiger partial charge is 0.353 e. The summed E-state index contributed by atoms with van der Waals surface area (Å²) in [6.07, 6.45) is 6.92. The first-order chi connectivity index (χ1) is 12.8. The van der Waals surface area contributed by atoms with Crippen molar-refractivity contribution in [2.45, 2.75) is 19.4 Å². The number of imidazole rings is 1. The summed E-state index contributed by atoms with van der Waals surface area (Å²) in [5.41, 5.74) is 3.14. The minimum absolute atomic E-state index is 0.0755. The summed E-state index contributed by atoms with van der Waals surface area (Å²) in [7, 11) is 0. The van der Waals surface area contributed by atoms with E-state index in [0.717, 1.165) is 41.8 Å². The lowest BCUT2D eigenvalue weighted by Crippen LogP contribution is -2.22. The van der Waals surface area contributed by atoms with Crippen LogP contribution in [0.5, 0.6) is 0 Å². The fraction of sp³-hybridized carbons (Fsp3) is 0.182. The third-order valence-corrected chi connectivity index (χ3v) is 4.15. The molecule has 1 N–H and O–H groups in total. The van der Waals surface area contributed by atoms with Crippen molar-refractivity contribution in [1.29, 1.82) is 0 Å². The van der Waals surface area contributed by atoms with Gasteiger partial charge in [-0.05, 0) is 30.2 Å². The SMILES string of the molecule is C=CCn1c(CCCNC(=O)/C=C/c2ccccc2)nc2ccccc21. The highest BCUT2D eigenvalue weighted by molar-refractivity contribution is 5.91. The number of aryl methyl sites for hydroxylation is 1. The molecule has 0 aliphatic carbocycles. The lowest BCUT2D eigenvalue weighted by Gasteiger charge is -2.06. The first kappa shape index (κ1) is 17.7. The summed E-state index contributed by atoms with van der Waals surface area (Å²) in [5.74, 6) is 0.952. The van der Waals surface area contributed by atoms with Crippen molar-refractivity contribution >= 4 is 23.0 Å². The van der Waals surface area contributed by atoms with Gasteiger partial charge in [-0.3, -0.25) is 4.79 Å². The maximum absolute atomic E-state index is 11.9. The second-order valence-corrected chi connectivity index (χ2v) is 6.05. The molecule has 4 nitrogen and oxygen atoms in total. The van der Waals surface area contributed by atoms with Gasteiger partial charge in [0.2, 0.25) is 5.91 Å². The van der Waals surface area contributed by atoms with Gasteiger partial charge in [0.25, 0.3) is 0 Å². The predicted molar refractivity (Wildman–Crippen MR) is 107 cm³/mol. The number of hydrogen-bond acceptors (Lipinski definition) is 2. The molecule has 0 radical (unpaired) electrons. The summed E-state index contributed by atoms with van der Waals surface area (Å²) in [6, 6.07) is 17.9. The van der Waals surface area contributed by atoms with Gasteiger partial charge in [0, 0.05) is 25.6 Å². The van der Waals surface area contributed by atoms with E-state index in [1.165, 1.54) is 0 Å². The van der Waals surface area contributed by atoms with Crippen LogP contribution in [-0.2, 0) is 17.8 Å². The van der Waals surface area contributed by atoms with E-state index >= 15 is 0 Å². The topological polar surface area (TPSA) is 46.9 Å². The number of nitrogens with one attached hydrogen (secondary N) is 1. The highest BCUT2D eigenvalue weighted by atomic mass is 16.1. The minimum atomic E-state index is -0.0755. The number of para-hydroxylation sites is 2. The number of amides is 1. The summed E-state index contributed by atoms with van der Waals surface area (Å²) >= 11 is 0. The third-order valence-electron chi connectivity index (χ3n) is 4.15. The molecule has 0 atom stereocenters. The molecule has 132 valence electrons. The van der Waals surface area contributed by atoms with Gasteiger partial charge in [-0.25, -0.2) is 4.98 Å². The highest BCUT2D eigenvalue weighted by Crippen LogP contribution is 2.17. The van der Waals surface area contributed by atoms with Crippen molar-refractivity contribution in [3.8, 4) is 0 Å². The highest BCUT2D eigenvalue weighted by Gasteiger charge is 2.08. The molecule has 0 unspecified atom stereocenters. The van der Waals surface area contributed by atoms with Crippen molar-refractivity contribution in [2.24, 2.45) is 0 Å². The van der Waals surface area contributed by atoms with E-state index in [0.29, 0.717) is 6.54 Å². The van der Waals surface area contributed by atoms with Crippen molar-refractivity contribution in [2.75, 3.05) is 6.54 Å². The van der Waals surface area contributed by atoms with E-state index in [4.69, 9.17) is 4.98 Å². The molecule has 0 aliphatic heterocycles. The molecular formula is C22H23N3O. The van der Waals surface area contributed by atoms with E-state index in [-0.39, 0.29) is 5.91 Å². The zero-order valence-electron chi connectivity index (χ0n) is 14.8. The van der Waals surface area contributed by atoms with Gasteiger partial charge in [-0.2, -0.15) is 0 Å². The fourth-order valence-corrected chi connectivity index (χ4v) is 2.90. The Balaban J connectivity index is 1.53. The molecule has 26 heavy (non-hydrogen) atoms. The summed E-state index contributed by atoms with van der Waals surface area (Å²) in [4.78, 5) is 16.6.